The van der Waals surface area contributed by atoms with E-state index < -0.39 is 0 Å². The summed E-state index contributed by atoms with van der Waals surface area (Å²) in [6.45, 7) is 3.08. The number of nitrogens with zero attached hydrogens (tertiary/aromatic N) is 1. The first-order valence-corrected chi connectivity index (χ1v) is 6.55. The monoisotopic (exact) mass is 292 g/mol. The second-order valence-corrected chi connectivity index (χ2v) is 5.18. The lowest BCUT2D eigenvalue weighted by atomic mass is 10.1. The molecule has 2 rings (SSSR count). The molecule has 0 amide bonds. The maximum Gasteiger partial charge on any atom is 0.0364 e. The molecule has 1 aromatic carbocycles. The van der Waals surface area contributed by atoms with Gasteiger partial charge in [-0.15, -0.1) is 0 Å². The van der Waals surface area contributed by atoms with Gasteiger partial charge in [0, 0.05) is 36.0 Å². The lowest BCUT2D eigenvalue weighted by molar-refractivity contribution is 0.558. The van der Waals surface area contributed by atoms with Crippen molar-refractivity contribution in [3.8, 4) is 0 Å². The number of nitrogens with one attached hydrogen (secondary N) is 1. The molecule has 0 aliphatic rings. The minimum atomic E-state index is 0.359. The normalized spacial score (nSPS) is 12.6. The quantitative estimate of drug-likeness (QED) is 0.910. The molecule has 0 aliphatic heterocycles. The smallest absolute Gasteiger partial charge is 0.0364 e. The number of aryl methyl sites for hydroxylation is 1. The van der Waals surface area contributed by atoms with Crippen LogP contribution in [0.2, 0.25) is 0 Å². The molecule has 1 heterocycles. The van der Waals surface area contributed by atoms with Gasteiger partial charge in [0.1, 0.15) is 0 Å². The molecule has 1 unspecified atom stereocenters. The van der Waals surface area contributed by atoms with Crippen LogP contribution in [0.4, 0.5) is 0 Å². The van der Waals surface area contributed by atoms with E-state index in [2.05, 4.69) is 82.4 Å². The topological polar surface area (TPSA) is 17.0 Å². The Morgan fingerprint density at radius 3 is 2.53 bits per heavy atom. The Morgan fingerprint density at radius 2 is 1.94 bits per heavy atom. The Balaban J connectivity index is 1.95. The fourth-order valence-corrected chi connectivity index (χ4v) is 2.07. The van der Waals surface area contributed by atoms with Gasteiger partial charge in [-0.3, -0.25) is 0 Å². The van der Waals surface area contributed by atoms with Crippen LogP contribution in [-0.2, 0) is 13.6 Å². The maximum absolute atomic E-state index is 3.53. The van der Waals surface area contributed by atoms with Crippen molar-refractivity contribution in [1.82, 2.24) is 9.88 Å². The van der Waals surface area contributed by atoms with Crippen molar-refractivity contribution in [3.05, 3.63) is 58.3 Å². The van der Waals surface area contributed by atoms with Crippen LogP contribution in [0.15, 0.2) is 47.1 Å². The fourth-order valence-electron chi connectivity index (χ4n) is 1.81. The Labute approximate surface area is 111 Å². The number of hydrogen-bond donors (Lipinski definition) is 1. The Kier molecular flexibility index (Phi) is 4.02. The summed E-state index contributed by atoms with van der Waals surface area (Å²) in [6, 6.07) is 13.0. The molecule has 0 saturated heterocycles. The van der Waals surface area contributed by atoms with Gasteiger partial charge >= 0.3 is 0 Å². The SMILES string of the molecule is CC(NCc1cccn1C)c1ccc(Br)cc1. The molecule has 0 fully saturated rings. The fraction of sp³-hybridized carbons (Fsp3) is 0.286. The third kappa shape index (κ3) is 3.20. The molecule has 3 heteroatoms. The molecule has 2 aromatic rings. The van der Waals surface area contributed by atoms with E-state index >= 15 is 0 Å². The van der Waals surface area contributed by atoms with Crippen LogP contribution in [0.3, 0.4) is 0 Å². The summed E-state index contributed by atoms with van der Waals surface area (Å²) in [4.78, 5) is 0. The van der Waals surface area contributed by atoms with Gasteiger partial charge < -0.3 is 9.88 Å². The van der Waals surface area contributed by atoms with Gasteiger partial charge in [-0.25, -0.2) is 0 Å². The van der Waals surface area contributed by atoms with E-state index in [-0.39, 0.29) is 0 Å². The van der Waals surface area contributed by atoms with Crippen molar-refractivity contribution in [2.75, 3.05) is 0 Å². The molecule has 0 radical (unpaired) electrons. The lowest BCUT2D eigenvalue weighted by Crippen LogP contribution is -2.19. The maximum atomic E-state index is 3.53. The molecule has 0 aliphatic carbocycles. The highest BCUT2D eigenvalue weighted by molar-refractivity contribution is 9.10. The van der Waals surface area contributed by atoms with E-state index in [1.807, 2.05) is 0 Å². The molecule has 0 saturated carbocycles. The number of benzene rings is 1. The van der Waals surface area contributed by atoms with Crippen molar-refractivity contribution in [3.63, 3.8) is 0 Å². The summed E-state index contributed by atoms with van der Waals surface area (Å²) in [5.74, 6) is 0. The molecule has 1 atom stereocenters. The highest BCUT2D eigenvalue weighted by atomic mass is 79.9. The van der Waals surface area contributed by atoms with Crippen molar-refractivity contribution >= 4 is 15.9 Å². The first-order chi connectivity index (χ1) is 8.16. The van der Waals surface area contributed by atoms with Gasteiger partial charge in [0.05, 0.1) is 0 Å². The van der Waals surface area contributed by atoms with Crippen molar-refractivity contribution < 1.29 is 0 Å². The van der Waals surface area contributed by atoms with Gasteiger partial charge in [0.15, 0.2) is 0 Å². The van der Waals surface area contributed by atoms with E-state index in [0.29, 0.717) is 6.04 Å². The molecule has 0 bridgehead atoms. The van der Waals surface area contributed by atoms with Crippen molar-refractivity contribution in [1.29, 1.82) is 0 Å². The van der Waals surface area contributed by atoms with Crippen LogP contribution in [0, 0.1) is 0 Å². The highest BCUT2D eigenvalue weighted by Gasteiger charge is 2.05. The van der Waals surface area contributed by atoms with Gasteiger partial charge in [0.2, 0.25) is 0 Å². The van der Waals surface area contributed by atoms with Crippen LogP contribution in [0.5, 0.6) is 0 Å². The third-order valence-corrected chi connectivity index (χ3v) is 3.54. The van der Waals surface area contributed by atoms with Gasteiger partial charge in [-0.2, -0.15) is 0 Å². The second kappa shape index (κ2) is 5.52. The summed E-state index contributed by atoms with van der Waals surface area (Å²) in [6.07, 6.45) is 2.07. The predicted molar refractivity (Wildman–Crippen MR) is 74.8 cm³/mol. The van der Waals surface area contributed by atoms with Crippen LogP contribution in [0.1, 0.15) is 24.2 Å². The highest BCUT2D eigenvalue weighted by Crippen LogP contribution is 2.16. The average Bonchev–Trinajstić information content (AvgIpc) is 2.73. The van der Waals surface area contributed by atoms with Crippen LogP contribution in [0.25, 0.3) is 0 Å². The van der Waals surface area contributed by atoms with E-state index in [4.69, 9.17) is 0 Å². The second-order valence-electron chi connectivity index (χ2n) is 4.26. The summed E-state index contributed by atoms with van der Waals surface area (Å²) >= 11 is 3.45. The Bertz CT molecular complexity index is 473. The zero-order valence-electron chi connectivity index (χ0n) is 10.2. The number of halogens is 1. The molecule has 90 valence electrons. The molecule has 2 nitrogen and oxygen atoms in total. The Hall–Kier alpha value is -1.06. The standard InChI is InChI=1S/C14H17BrN2/c1-11(12-5-7-13(15)8-6-12)16-10-14-4-3-9-17(14)2/h3-9,11,16H,10H2,1-2H3. The first-order valence-electron chi connectivity index (χ1n) is 5.76. The summed E-state index contributed by atoms with van der Waals surface area (Å²) in [5.41, 5.74) is 2.61. The zero-order valence-corrected chi connectivity index (χ0v) is 11.7. The first kappa shape index (κ1) is 12.4. The van der Waals surface area contributed by atoms with E-state index in [1.54, 1.807) is 0 Å². The molecule has 0 spiro atoms. The van der Waals surface area contributed by atoms with Crippen LogP contribution >= 0.6 is 15.9 Å². The summed E-state index contributed by atoms with van der Waals surface area (Å²) in [7, 11) is 2.07. The number of aromatic nitrogens is 1. The molecule has 1 N–H and O–H groups in total. The number of hydrogen-bond acceptors (Lipinski definition) is 1. The van der Waals surface area contributed by atoms with Crippen LogP contribution in [-0.4, -0.2) is 4.57 Å². The minimum Gasteiger partial charge on any atom is -0.353 e. The molecular weight excluding hydrogens is 276 g/mol. The lowest BCUT2D eigenvalue weighted by Gasteiger charge is -2.14. The summed E-state index contributed by atoms with van der Waals surface area (Å²) < 4.78 is 3.26. The van der Waals surface area contributed by atoms with Gasteiger partial charge in [0.25, 0.3) is 0 Å². The van der Waals surface area contributed by atoms with E-state index in [0.717, 1.165) is 11.0 Å². The van der Waals surface area contributed by atoms with Crippen LogP contribution < -0.4 is 5.32 Å². The van der Waals surface area contributed by atoms with Gasteiger partial charge in [-0.1, -0.05) is 28.1 Å². The molecular formula is C14H17BrN2. The Morgan fingerprint density at radius 1 is 1.24 bits per heavy atom. The molecule has 1 aromatic heterocycles. The number of rotatable bonds is 4. The van der Waals surface area contributed by atoms with Crippen molar-refractivity contribution in [2.24, 2.45) is 7.05 Å². The zero-order chi connectivity index (χ0) is 12.3. The predicted octanol–water partition coefficient (Wildman–Crippen LogP) is 3.64. The average molecular weight is 293 g/mol. The van der Waals surface area contributed by atoms with E-state index in [1.165, 1.54) is 11.3 Å². The van der Waals surface area contributed by atoms with E-state index in [9.17, 15) is 0 Å². The largest absolute Gasteiger partial charge is 0.353 e. The molecule has 17 heavy (non-hydrogen) atoms. The summed E-state index contributed by atoms with van der Waals surface area (Å²) in [5, 5.41) is 3.53. The van der Waals surface area contributed by atoms with Crippen molar-refractivity contribution in [2.45, 2.75) is 19.5 Å². The third-order valence-electron chi connectivity index (χ3n) is 3.01. The minimum absolute atomic E-state index is 0.359. The van der Waals surface area contributed by atoms with Gasteiger partial charge in [-0.05, 0) is 36.8 Å².